The number of hydrogen-bond acceptors (Lipinski definition) is 2. The van der Waals surface area contributed by atoms with Crippen LogP contribution in [0.3, 0.4) is 0 Å². The van der Waals surface area contributed by atoms with Gasteiger partial charge in [-0.3, -0.25) is 4.79 Å². The molecule has 1 amide bonds. The average molecular weight is 198 g/mol. The van der Waals surface area contributed by atoms with Crippen LogP contribution >= 0.6 is 0 Å². The lowest BCUT2D eigenvalue weighted by Crippen LogP contribution is -2.38. The Morgan fingerprint density at radius 3 is 2.50 bits per heavy atom. The Labute approximate surface area is 86.9 Å². The third-order valence-corrected chi connectivity index (χ3v) is 2.93. The van der Waals surface area contributed by atoms with Gasteiger partial charge in [0.15, 0.2) is 0 Å². The Bertz CT molecular complexity index is 184. The lowest BCUT2D eigenvalue weighted by molar-refractivity contribution is -0.124. The van der Waals surface area contributed by atoms with E-state index in [0.29, 0.717) is 5.92 Å². The maximum atomic E-state index is 11.3. The Hall–Kier alpha value is -0.570. The largest absolute Gasteiger partial charge is 0.356 e. The van der Waals surface area contributed by atoms with E-state index in [1.54, 1.807) is 0 Å². The summed E-state index contributed by atoms with van der Waals surface area (Å²) < 4.78 is 0. The molecule has 0 unspecified atom stereocenters. The molecule has 1 aliphatic heterocycles. The van der Waals surface area contributed by atoms with Crippen LogP contribution in [0.25, 0.3) is 0 Å². The van der Waals surface area contributed by atoms with Crippen molar-refractivity contribution in [3.63, 3.8) is 0 Å². The number of nitrogens with one attached hydrogen (secondary N) is 1. The zero-order valence-electron chi connectivity index (χ0n) is 9.55. The standard InChI is InChI=1S/C11H22N2O/c1-9(2)11(14)12-8-10-4-6-13(3)7-5-10/h9-10H,4-8H2,1-3H3,(H,12,14). The summed E-state index contributed by atoms with van der Waals surface area (Å²) in [6.45, 7) is 7.07. The highest BCUT2D eigenvalue weighted by atomic mass is 16.1. The van der Waals surface area contributed by atoms with Gasteiger partial charge in [-0.25, -0.2) is 0 Å². The van der Waals surface area contributed by atoms with Crippen molar-refractivity contribution in [3.05, 3.63) is 0 Å². The van der Waals surface area contributed by atoms with Crippen molar-refractivity contribution in [3.8, 4) is 0 Å². The summed E-state index contributed by atoms with van der Waals surface area (Å²) in [6.07, 6.45) is 2.43. The third-order valence-electron chi connectivity index (χ3n) is 2.93. The minimum Gasteiger partial charge on any atom is -0.356 e. The third kappa shape index (κ3) is 3.66. The highest BCUT2D eigenvalue weighted by Gasteiger charge is 2.17. The van der Waals surface area contributed by atoms with Gasteiger partial charge >= 0.3 is 0 Å². The first kappa shape index (κ1) is 11.5. The second-order valence-electron chi connectivity index (χ2n) is 4.65. The first-order valence-corrected chi connectivity index (χ1v) is 5.56. The van der Waals surface area contributed by atoms with Gasteiger partial charge in [0.2, 0.25) is 5.91 Å². The van der Waals surface area contributed by atoms with Crippen LogP contribution in [0.2, 0.25) is 0 Å². The smallest absolute Gasteiger partial charge is 0.222 e. The van der Waals surface area contributed by atoms with Gasteiger partial charge in [-0.2, -0.15) is 0 Å². The molecule has 3 nitrogen and oxygen atoms in total. The maximum Gasteiger partial charge on any atom is 0.222 e. The number of likely N-dealkylation sites (tertiary alicyclic amines) is 1. The van der Waals surface area contributed by atoms with Gasteiger partial charge in [0.05, 0.1) is 0 Å². The predicted molar refractivity (Wildman–Crippen MR) is 58.1 cm³/mol. The van der Waals surface area contributed by atoms with Crippen LogP contribution in [0.15, 0.2) is 0 Å². The van der Waals surface area contributed by atoms with Crippen molar-refractivity contribution < 1.29 is 4.79 Å². The van der Waals surface area contributed by atoms with Gasteiger partial charge in [-0.15, -0.1) is 0 Å². The molecule has 0 aromatic heterocycles. The Kier molecular flexibility index (Phi) is 4.39. The molecular weight excluding hydrogens is 176 g/mol. The molecule has 0 aromatic rings. The summed E-state index contributed by atoms with van der Waals surface area (Å²) in [7, 11) is 2.16. The van der Waals surface area contributed by atoms with Crippen molar-refractivity contribution in [1.82, 2.24) is 10.2 Å². The second kappa shape index (κ2) is 5.35. The number of amides is 1. The molecule has 82 valence electrons. The van der Waals surface area contributed by atoms with Crippen LogP contribution < -0.4 is 5.32 Å². The lowest BCUT2D eigenvalue weighted by atomic mass is 9.97. The topological polar surface area (TPSA) is 32.3 Å². The predicted octanol–water partition coefficient (Wildman–Crippen LogP) is 1.10. The van der Waals surface area contributed by atoms with Crippen molar-refractivity contribution in [2.75, 3.05) is 26.7 Å². The molecule has 1 N–H and O–H groups in total. The van der Waals surface area contributed by atoms with E-state index in [9.17, 15) is 4.79 Å². The molecule has 3 heteroatoms. The van der Waals surface area contributed by atoms with Crippen LogP contribution in [-0.2, 0) is 4.79 Å². The number of carbonyl (C=O) groups is 1. The maximum absolute atomic E-state index is 11.3. The summed E-state index contributed by atoms with van der Waals surface area (Å²) in [5.41, 5.74) is 0. The molecule has 0 saturated carbocycles. The first-order valence-electron chi connectivity index (χ1n) is 5.56. The highest BCUT2D eigenvalue weighted by Crippen LogP contribution is 2.14. The number of hydrogen-bond donors (Lipinski definition) is 1. The van der Waals surface area contributed by atoms with Crippen LogP contribution in [0.4, 0.5) is 0 Å². The summed E-state index contributed by atoms with van der Waals surface area (Å²) >= 11 is 0. The van der Waals surface area contributed by atoms with Crippen LogP contribution in [0.5, 0.6) is 0 Å². The van der Waals surface area contributed by atoms with Crippen molar-refractivity contribution >= 4 is 5.91 Å². The first-order chi connectivity index (χ1) is 6.59. The molecule has 0 spiro atoms. The molecule has 1 heterocycles. The molecule has 0 aromatic carbocycles. The second-order valence-corrected chi connectivity index (χ2v) is 4.65. The molecule has 0 atom stereocenters. The number of piperidine rings is 1. The zero-order chi connectivity index (χ0) is 10.6. The summed E-state index contributed by atoms with van der Waals surface area (Å²) in [5, 5.41) is 3.01. The Balaban J connectivity index is 2.16. The van der Waals surface area contributed by atoms with E-state index in [1.807, 2.05) is 13.8 Å². The Morgan fingerprint density at radius 2 is 2.00 bits per heavy atom. The monoisotopic (exact) mass is 198 g/mol. The quantitative estimate of drug-likeness (QED) is 0.736. The van der Waals surface area contributed by atoms with Crippen LogP contribution in [0.1, 0.15) is 26.7 Å². The number of carbonyl (C=O) groups excluding carboxylic acids is 1. The van der Waals surface area contributed by atoms with Crippen LogP contribution in [0, 0.1) is 11.8 Å². The molecule has 1 fully saturated rings. The summed E-state index contributed by atoms with van der Waals surface area (Å²) in [5.74, 6) is 0.985. The Morgan fingerprint density at radius 1 is 1.43 bits per heavy atom. The highest BCUT2D eigenvalue weighted by molar-refractivity contribution is 5.77. The summed E-state index contributed by atoms with van der Waals surface area (Å²) in [4.78, 5) is 13.7. The minimum atomic E-state index is 0.112. The van der Waals surface area contributed by atoms with Gasteiger partial charge in [0.1, 0.15) is 0 Å². The van der Waals surface area contributed by atoms with E-state index in [2.05, 4.69) is 17.3 Å². The molecule has 0 bridgehead atoms. The fourth-order valence-corrected chi connectivity index (χ4v) is 1.72. The molecular formula is C11H22N2O. The number of nitrogens with zero attached hydrogens (tertiary/aromatic N) is 1. The average Bonchev–Trinajstić information content (AvgIpc) is 2.16. The molecule has 1 saturated heterocycles. The van der Waals surface area contributed by atoms with E-state index >= 15 is 0 Å². The van der Waals surface area contributed by atoms with Gasteiger partial charge in [-0.1, -0.05) is 13.8 Å². The SMILES string of the molecule is CC(C)C(=O)NCC1CCN(C)CC1. The van der Waals surface area contributed by atoms with Gasteiger partial charge in [0.25, 0.3) is 0 Å². The zero-order valence-corrected chi connectivity index (χ0v) is 9.55. The minimum absolute atomic E-state index is 0.112. The molecule has 14 heavy (non-hydrogen) atoms. The van der Waals surface area contributed by atoms with Crippen molar-refractivity contribution in [2.24, 2.45) is 11.8 Å². The normalized spacial score (nSPS) is 20.0. The molecule has 1 rings (SSSR count). The van der Waals surface area contributed by atoms with Gasteiger partial charge in [-0.05, 0) is 38.9 Å². The molecule has 1 aliphatic rings. The fraction of sp³-hybridized carbons (Fsp3) is 0.909. The molecule has 0 radical (unpaired) electrons. The van der Waals surface area contributed by atoms with E-state index < -0.39 is 0 Å². The van der Waals surface area contributed by atoms with Crippen molar-refractivity contribution in [1.29, 1.82) is 0 Å². The summed E-state index contributed by atoms with van der Waals surface area (Å²) in [6, 6.07) is 0. The van der Waals surface area contributed by atoms with E-state index in [0.717, 1.165) is 6.54 Å². The van der Waals surface area contributed by atoms with E-state index in [4.69, 9.17) is 0 Å². The van der Waals surface area contributed by atoms with E-state index in [-0.39, 0.29) is 11.8 Å². The van der Waals surface area contributed by atoms with Gasteiger partial charge < -0.3 is 10.2 Å². The fourth-order valence-electron chi connectivity index (χ4n) is 1.72. The van der Waals surface area contributed by atoms with E-state index in [1.165, 1.54) is 25.9 Å². The lowest BCUT2D eigenvalue weighted by Gasteiger charge is -2.29. The van der Waals surface area contributed by atoms with Crippen molar-refractivity contribution in [2.45, 2.75) is 26.7 Å². The number of rotatable bonds is 3. The molecule has 0 aliphatic carbocycles. The van der Waals surface area contributed by atoms with Crippen LogP contribution in [-0.4, -0.2) is 37.5 Å². The van der Waals surface area contributed by atoms with Gasteiger partial charge in [0, 0.05) is 12.5 Å².